The number of hydrogen-bond donors (Lipinski definition) is 0. The van der Waals surface area contributed by atoms with Gasteiger partial charge in [-0.1, -0.05) is 48.5 Å². The standard InChI is InChI=1S/C14H16BrN/c1-4-11-9-16(8-10(2)3)14-7-12(15)5-6-13(11)14/h4-7,9-10H,1,8H2,2-3H3. The van der Waals surface area contributed by atoms with Crippen molar-refractivity contribution >= 4 is 32.9 Å². The maximum Gasteiger partial charge on any atom is 0.0497 e. The Morgan fingerprint density at radius 3 is 2.81 bits per heavy atom. The van der Waals surface area contributed by atoms with E-state index in [0.29, 0.717) is 5.92 Å². The van der Waals surface area contributed by atoms with E-state index in [4.69, 9.17) is 0 Å². The fourth-order valence-corrected chi connectivity index (χ4v) is 2.35. The van der Waals surface area contributed by atoms with E-state index < -0.39 is 0 Å². The minimum atomic E-state index is 0.646. The molecule has 2 rings (SSSR count). The average molecular weight is 278 g/mol. The zero-order valence-electron chi connectivity index (χ0n) is 9.70. The molecular weight excluding hydrogens is 262 g/mol. The van der Waals surface area contributed by atoms with Crippen LogP contribution in [0.5, 0.6) is 0 Å². The van der Waals surface area contributed by atoms with Crippen LogP contribution in [0.15, 0.2) is 35.4 Å². The molecule has 1 aromatic heterocycles. The lowest BCUT2D eigenvalue weighted by molar-refractivity contribution is 0.535. The molecule has 0 spiro atoms. The number of aromatic nitrogens is 1. The first kappa shape index (κ1) is 11.5. The molecular formula is C14H16BrN. The van der Waals surface area contributed by atoms with Gasteiger partial charge in [-0.25, -0.2) is 0 Å². The molecule has 0 aliphatic carbocycles. The Labute approximate surface area is 105 Å². The first-order valence-corrected chi connectivity index (χ1v) is 6.32. The third kappa shape index (κ3) is 2.07. The summed E-state index contributed by atoms with van der Waals surface area (Å²) in [5.74, 6) is 0.646. The predicted octanol–water partition coefficient (Wildman–Crippen LogP) is 4.70. The van der Waals surface area contributed by atoms with Crippen LogP contribution in [0.2, 0.25) is 0 Å². The molecule has 0 bridgehead atoms. The van der Waals surface area contributed by atoms with Crippen molar-refractivity contribution in [3.8, 4) is 0 Å². The highest BCUT2D eigenvalue weighted by molar-refractivity contribution is 9.10. The molecule has 0 N–H and O–H groups in total. The molecule has 1 nitrogen and oxygen atoms in total. The van der Waals surface area contributed by atoms with Crippen LogP contribution in [-0.4, -0.2) is 4.57 Å². The lowest BCUT2D eigenvalue weighted by Crippen LogP contribution is -2.02. The fourth-order valence-electron chi connectivity index (χ4n) is 2.00. The van der Waals surface area contributed by atoms with Gasteiger partial charge in [-0.15, -0.1) is 0 Å². The van der Waals surface area contributed by atoms with Gasteiger partial charge in [-0.2, -0.15) is 0 Å². The summed E-state index contributed by atoms with van der Waals surface area (Å²) in [5.41, 5.74) is 2.49. The molecule has 84 valence electrons. The first-order valence-electron chi connectivity index (χ1n) is 5.52. The fraction of sp³-hybridized carbons (Fsp3) is 0.286. The Hall–Kier alpha value is -1.02. The van der Waals surface area contributed by atoms with Crippen molar-refractivity contribution in [3.63, 3.8) is 0 Å². The maximum atomic E-state index is 3.87. The zero-order valence-corrected chi connectivity index (χ0v) is 11.3. The van der Waals surface area contributed by atoms with Crippen molar-refractivity contribution < 1.29 is 0 Å². The van der Waals surface area contributed by atoms with Gasteiger partial charge in [0.2, 0.25) is 0 Å². The van der Waals surface area contributed by atoms with Gasteiger partial charge in [0.1, 0.15) is 0 Å². The second kappa shape index (κ2) is 4.46. The van der Waals surface area contributed by atoms with E-state index >= 15 is 0 Å². The van der Waals surface area contributed by atoms with E-state index in [1.54, 1.807) is 0 Å². The number of nitrogens with zero attached hydrogens (tertiary/aromatic N) is 1. The molecule has 0 aliphatic heterocycles. The van der Waals surface area contributed by atoms with Crippen molar-refractivity contribution in [2.45, 2.75) is 20.4 Å². The van der Waals surface area contributed by atoms with Crippen molar-refractivity contribution in [2.24, 2.45) is 5.92 Å². The van der Waals surface area contributed by atoms with E-state index in [0.717, 1.165) is 11.0 Å². The highest BCUT2D eigenvalue weighted by Crippen LogP contribution is 2.26. The summed E-state index contributed by atoms with van der Waals surface area (Å²) in [5, 5.41) is 1.28. The van der Waals surface area contributed by atoms with Gasteiger partial charge in [-0.05, 0) is 23.6 Å². The largest absolute Gasteiger partial charge is 0.347 e. The van der Waals surface area contributed by atoms with Crippen LogP contribution >= 0.6 is 15.9 Å². The van der Waals surface area contributed by atoms with Gasteiger partial charge >= 0.3 is 0 Å². The van der Waals surface area contributed by atoms with E-state index in [1.165, 1.54) is 16.5 Å². The molecule has 2 aromatic rings. The molecule has 1 aromatic carbocycles. The molecule has 0 amide bonds. The highest BCUT2D eigenvalue weighted by Gasteiger charge is 2.07. The van der Waals surface area contributed by atoms with Crippen LogP contribution in [0.4, 0.5) is 0 Å². The summed E-state index contributed by atoms with van der Waals surface area (Å²) in [6.07, 6.45) is 4.11. The zero-order chi connectivity index (χ0) is 11.7. The minimum absolute atomic E-state index is 0.646. The number of halogens is 1. The quantitative estimate of drug-likeness (QED) is 0.766. The number of hydrogen-bond acceptors (Lipinski definition) is 0. The normalized spacial score (nSPS) is 11.2. The average Bonchev–Trinajstić information content (AvgIpc) is 2.55. The Kier molecular flexibility index (Phi) is 3.20. The summed E-state index contributed by atoms with van der Waals surface area (Å²) in [6, 6.07) is 6.40. The van der Waals surface area contributed by atoms with Gasteiger partial charge in [0.15, 0.2) is 0 Å². The summed E-state index contributed by atoms with van der Waals surface area (Å²) in [7, 11) is 0. The van der Waals surface area contributed by atoms with Gasteiger partial charge < -0.3 is 4.57 Å². The molecule has 0 fully saturated rings. The van der Waals surface area contributed by atoms with E-state index in [9.17, 15) is 0 Å². The number of benzene rings is 1. The first-order chi connectivity index (χ1) is 7.61. The van der Waals surface area contributed by atoms with E-state index in [2.05, 4.69) is 65.3 Å². The predicted molar refractivity (Wildman–Crippen MR) is 74.6 cm³/mol. The van der Waals surface area contributed by atoms with E-state index in [-0.39, 0.29) is 0 Å². The monoisotopic (exact) mass is 277 g/mol. The van der Waals surface area contributed by atoms with Crippen LogP contribution in [-0.2, 0) is 6.54 Å². The molecule has 0 radical (unpaired) electrons. The molecule has 0 aliphatic rings. The van der Waals surface area contributed by atoms with Gasteiger partial charge in [-0.3, -0.25) is 0 Å². The Morgan fingerprint density at radius 2 is 2.19 bits per heavy atom. The van der Waals surface area contributed by atoms with Gasteiger partial charge in [0, 0.05) is 28.1 Å². The van der Waals surface area contributed by atoms with Crippen LogP contribution in [0.25, 0.3) is 17.0 Å². The Morgan fingerprint density at radius 1 is 1.44 bits per heavy atom. The van der Waals surface area contributed by atoms with Crippen LogP contribution < -0.4 is 0 Å². The molecule has 0 unspecified atom stereocenters. The molecule has 16 heavy (non-hydrogen) atoms. The van der Waals surface area contributed by atoms with Crippen molar-refractivity contribution in [1.82, 2.24) is 4.57 Å². The van der Waals surface area contributed by atoms with Crippen LogP contribution in [0.1, 0.15) is 19.4 Å². The highest BCUT2D eigenvalue weighted by atomic mass is 79.9. The second-order valence-corrected chi connectivity index (χ2v) is 5.41. The molecule has 1 heterocycles. The molecule has 2 heteroatoms. The third-order valence-corrected chi connectivity index (χ3v) is 3.15. The third-order valence-electron chi connectivity index (χ3n) is 2.66. The van der Waals surface area contributed by atoms with Crippen LogP contribution in [0, 0.1) is 5.92 Å². The SMILES string of the molecule is C=Cc1cn(CC(C)C)c2cc(Br)ccc12. The summed E-state index contributed by atoms with van der Waals surface area (Å²) < 4.78 is 3.43. The van der Waals surface area contributed by atoms with Crippen molar-refractivity contribution in [2.75, 3.05) is 0 Å². The lowest BCUT2D eigenvalue weighted by Gasteiger charge is -2.08. The van der Waals surface area contributed by atoms with E-state index in [1.807, 2.05) is 6.08 Å². The summed E-state index contributed by atoms with van der Waals surface area (Å²) >= 11 is 3.52. The van der Waals surface area contributed by atoms with Crippen LogP contribution in [0.3, 0.4) is 0 Å². The second-order valence-electron chi connectivity index (χ2n) is 4.50. The maximum absolute atomic E-state index is 3.87. The molecule has 0 saturated carbocycles. The summed E-state index contributed by atoms with van der Waals surface area (Å²) in [6.45, 7) is 9.38. The van der Waals surface area contributed by atoms with Gasteiger partial charge in [0.05, 0.1) is 0 Å². The molecule has 0 saturated heterocycles. The minimum Gasteiger partial charge on any atom is -0.347 e. The van der Waals surface area contributed by atoms with Gasteiger partial charge in [0.25, 0.3) is 0 Å². The smallest absolute Gasteiger partial charge is 0.0497 e. The lowest BCUT2D eigenvalue weighted by atomic mass is 10.2. The molecule has 0 atom stereocenters. The Bertz CT molecular complexity index is 523. The topological polar surface area (TPSA) is 4.93 Å². The van der Waals surface area contributed by atoms with Crippen molar-refractivity contribution in [3.05, 3.63) is 41.0 Å². The summed E-state index contributed by atoms with van der Waals surface area (Å²) in [4.78, 5) is 0. The Balaban J connectivity index is 2.64. The number of rotatable bonds is 3. The number of fused-ring (bicyclic) bond motifs is 1. The van der Waals surface area contributed by atoms with Crippen molar-refractivity contribution in [1.29, 1.82) is 0 Å².